The van der Waals surface area contributed by atoms with Crippen molar-refractivity contribution in [3.63, 3.8) is 0 Å². The van der Waals surface area contributed by atoms with E-state index in [1.54, 1.807) is 7.11 Å². The molecule has 3 aromatic rings. The van der Waals surface area contributed by atoms with Gasteiger partial charge in [-0.2, -0.15) is 0 Å². The second kappa shape index (κ2) is 11.0. The summed E-state index contributed by atoms with van der Waals surface area (Å²) in [5, 5.41) is 0. The van der Waals surface area contributed by atoms with Gasteiger partial charge < -0.3 is 15.2 Å². The van der Waals surface area contributed by atoms with E-state index in [-0.39, 0.29) is 11.8 Å². The summed E-state index contributed by atoms with van der Waals surface area (Å²) in [6.07, 6.45) is 7.13. The first-order chi connectivity index (χ1) is 16.6. The lowest BCUT2D eigenvalue weighted by atomic mass is 9.64. The summed E-state index contributed by atoms with van der Waals surface area (Å²) < 4.78 is 15.3. The van der Waals surface area contributed by atoms with E-state index in [9.17, 15) is 4.79 Å². The van der Waals surface area contributed by atoms with Gasteiger partial charge in [0.1, 0.15) is 30.4 Å². The maximum atomic E-state index is 13.3. The highest BCUT2D eigenvalue weighted by Gasteiger charge is 2.51. The lowest BCUT2D eigenvalue weighted by molar-refractivity contribution is -0.704. The average molecular weight is 463 g/mol. The highest BCUT2D eigenvalue weighted by atomic mass is 16.5. The first-order valence-electron chi connectivity index (χ1n) is 12.1. The Kier molecular flexibility index (Phi) is 7.80. The summed E-state index contributed by atoms with van der Waals surface area (Å²) in [6, 6.07) is 20.5. The van der Waals surface area contributed by atoms with E-state index in [1.165, 1.54) is 5.82 Å². The van der Waals surface area contributed by atoms with Gasteiger partial charge in [-0.25, -0.2) is 9.13 Å². The topological polar surface area (TPSA) is 70.4 Å². The van der Waals surface area contributed by atoms with E-state index >= 15 is 0 Å². The zero-order valence-electron chi connectivity index (χ0n) is 20.2. The smallest absolute Gasteiger partial charge is 0.253 e. The van der Waals surface area contributed by atoms with Crippen LogP contribution in [0.5, 0.6) is 0 Å². The normalized spacial score (nSPS) is 18.3. The molecule has 1 aliphatic rings. The molecule has 1 aliphatic carbocycles. The molecule has 1 heterocycles. The lowest BCUT2D eigenvalue weighted by Crippen LogP contribution is -2.47. The predicted molar refractivity (Wildman–Crippen MR) is 131 cm³/mol. The van der Waals surface area contributed by atoms with Gasteiger partial charge in [0.05, 0.1) is 19.8 Å². The van der Waals surface area contributed by atoms with Gasteiger partial charge in [-0.1, -0.05) is 60.7 Å². The molecule has 2 N–H and O–H groups in total. The molecule has 0 saturated heterocycles. The fourth-order valence-electron chi connectivity index (χ4n) is 5.68. The van der Waals surface area contributed by atoms with E-state index < -0.39 is 5.41 Å². The minimum Gasteiger partial charge on any atom is -0.382 e. The summed E-state index contributed by atoms with van der Waals surface area (Å²) in [7, 11) is 1.68. The van der Waals surface area contributed by atoms with Crippen molar-refractivity contribution in [2.24, 2.45) is 11.7 Å². The average Bonchev–Trinajstić information content (AvgIpc) is 3.48. The van der Waals surface area contributed by atoms with Gasteiger partial charge in [0.2, 0.25) is 5.91 Å². The number of methoxy groups -OCH3 is 1. The van der Waals surface area contributed by atoms with Gasteiger partial charge in [0.25, 0.3) is 5.82 Å². The van der Waals surface area contributed by atoms with Crippen LogP contribution in [0.4, 0.5) is 0 Å². The molecule has 2 aromatic carbocycles. The second-order valence-corrected chi connectivity index (χ2v) is 9.12. The van der Waals surface area contributed by atoms with Crippen LogP contribution >= 0.6 is 0 Å². The Labute approximate surface area is 202 Å². The van der Waals surface area contributed by atoms with Crippen LogP contribution in [0.1, 0.15) is 42.3 Å². The van der Waals surface area contributed by atoms with Crippen LogP contribution in [0, 0.1) is 12.8 Å². The number of nitrogens with two attached hydrogens (primary N) is 1. The maximum absolute atomic E-state index is 13.3. The molecule has 1 fully saturated rings. The fourth-order valence-corrected chi connectivity index (χ4v) is 5.68. The number of imidazole rings is 1. The van der Waals surface area contributed by atoms with E-state index in [4.69, 9.17) is 15.2 Å². The Bertz CT molecular complexity index is 1030. The molecule has 1 saturated carbocycles. The summed E-state index contributed by atoms with van der Waals surface area (Å²) in [4.78, 5) is 13.3. The van der Waals surface area contributed by atoms with Crippen molar-refractivity contribution in [1.29, 1.82) is 0 Å². The van der Waals surface area contributed by atoms with Crippen molar-refractivity contribution in [3.8, 4) is 0 Å². The molecular formula is C28H36N3O3+. The molecule has 180 valence electrons. The summed E-state index contributed by atoms with van der Waals surface area (Å²) in [5.41, 5.74) is 7.36. The van der Waals surface area contributed by atoms with E-state index in [0.717, 1.165) is 36.9 Å². The Morgan fingerprint density at radius 1 is 1.03 bits per heavy atom. The van der Waals surface area contributed by atoms with Gasteiger partial charge in [-0.3, -0.25) is 4.79 Å². The highest BCUT2D eigenvalue weighted by molar-refractivity contribution is 5.91. The van der Waals surface area contributed by atoms with Gasteiger partial charge in [0, 0.05) is 14.0 Å². The van der Waals surface area contributed by atoms with Gasteiger partial charge in [0.15, 0.2) is 0 Å². The minimum absolute atomic E-state index is 0.118. The number of rotatable bonds is 11. The highest BCUT2D eigenvalue weighted by Crippen LogP contribution is 2.49. The number of carbonyl (C=O) groups is 1. The van der Waals surface area contributed by atoms with Crippen LogP contribution in [0.3, 0.4) is 0 Å². The van der Waals surface area contributed by atoms with Crippen molar-refractivity contribution in [2.75, 3.05) is 26.9 Å². The molecule has 1 amide bonds. The van der Waals surface area contributed by atoms with Crippen LogP contribution in [0.15, 0.2) is 73.1 Å². The molecule has 6 nitrogen and oxygen atoms in total. The molecule has 0 spiro atoms. The third kappa shape index (κ3) is 4.65. The van der Waals surface area contributed by atoms with Crippen molar-refractivity contribution in [2.45, 2.75) is 44.2 Å². The van der Waals surface area contributed by atoms with Crippen molar-refractivity contribution < 1.29 is 18.8 Å². The summed E-state index contributed by atoms with van der Waals surface area (Å²) in [5.74, 6) is 1.04. The number of hydrogen-bond donors (Lipinski definition) is 1. The molecular weight excluding hydrogens is 426 g/mol. The Hall–Kier alpha value is -2.96. The number of nitrogens with zero attached hydrogens (tertiary/aromatic N) is 2. The molecule has 4 rings (SSSR count). The number of benzene rings is 2. The number of carbonyl (C=O) groups excluding carboxylic acids is 1. The van der Waals surface area contributed by atoms with Crippen LogP contribution in [-0.4, -0.2) is 37.4 Å². The molecule has 0 radical (unpaired) electrons. The number of amides is 1. The Morgan fingerprint density at radius 3 is 2.26 bits per heavy atom. The molecule has 0 unspecified atom stereocenters. The first kappa shape index (κ1) is 24.2. The van der Waals surface area contributed by atoms with Gasteiger partial charge >= 0.3 is 0 Å². The molecule has 1 aromatic heterocycles. The molecule has 34 heavy (non-hydrogen) atoms. The van der Waals surface area contributed by atoms with Crippen LogP contribution in [0.25, 0.3) is 0 Å². The minimum atomic E-state index is -0.844. The number of aromatic nitrogens is 2. The first-order valence-corrected chi connectivity index (χ1v) is 12.1. The van der Waals surface area contributed by atoms with Crippen LogP contribution < -0.4 is 10.3 Å². The van der Waals surface area contributed by atoms with Crippen molar-refractivity contribution >= 4 is 5.91 Å². The van der Waals surface area contributed by atoms with E-state index in [2.05, 4.69) is 28.5 Å². The SMILES string of the molecule is COCCOCC[n+]1ccn([C@@H]2CC[C@H](C(C(N)=O)(c3ccccc3)c3ccccc3)C2)c1C. The van der Waals surface area contributed by atoms with Crippen LogP contribution in [0.2, 0.25) is 0 Å². The zero-order chi connectivity index (χ0) is 24.0. The number of primary amides is 1. The third-order valence-corrected chi connectivity index (χ3v) is 7.36. The van der Waals surface area contributed by atoms with Gasteiger partial charge in [-0.15, -0.1) is 0 Å². The third-order valence-electron chi connectivity index (χ3n) is 7.36. The second-order valence-electron chi connectivity index (χ2n) is 9.12. The molecule has 0 aliphatic heterocycles. The quantitative estimate of drug-likeness (QED) is 0.350. The van der Waals surface area contributed by atoms with E-state index in [0.29, 0.717) is 25.9 Å². The van der Waals surface area contributed by atoms with Crippen molar-refractivity contribution in [1.82, 2.24) is 4.57 Å². The Morgan fingerprint density at radius 2 is 1.68 bits per heavy atom. The molecule has 0 bridgehead atoms. The number of ether oxygens (including phenoxy) is 2. The molecule has 2 atom stereocenters. The Balaban J connectivity index is 1.59. The van der Waals surface area contributed by atoms with E-state index in [1.807, 2.05) is 60.7 Å². The monoisotopic (exact) mass is 462 g/mol. The summed E-state index contributed by atoms with van der Waals surface area (Å²) in [6.45, 7) is 4.82. The van der Waals surface area contributed by atoms with Crippen LogP contribution in [-0.2, 0) is 26.2 Å². The van der Waals surface area contributed by atoms with Crippen molar-refractivity contribution in [3.05, 3.63) is 90.0 Å². The maximum Gasteiger partial charge on any atom is 0.253 e. The fraction of sp³-hybridized carbons (Fsp3) is 0.429. The number of hydrogen-bond acceptors (Lipinski definition) is 3. The lowest BCUT2D eigenvalue weighted by Gasteiger charge is -2.37. The summed E-state index contributed by atoms with van der Waals surface area (Å²) >= 11 is 0. The largest absolute Gasteiger partial charge is 0.382 e. The predicted octanol–water partition coefficient (Wildman–Crippen LogP) is 3.56. The zero-order valence-corrected chi connectivity index (χ0v) is 20.2. The molecule has 6 heteroatoms. The standard InChI is InChI=1S/C28H35N3O3/c1-22-30(17-18-34-20-19-33-2)15-16-31(22)26-14-13-25(21-26)28(27(29)32,23-9-5-3-6-10-23)24-11-7-4-8-12-24/h3-12,15-16,25-26H,13-14,17-21H2,1-2H3,(H-,29,32)/p+1/t25-,26+/m0/s1. The van der Waals surface area contributed by atoms with Gasteiger partial charge in [-0.05, 0) is 36.3 Å².